The number of phenols is 1. The minimum absolute atomic E-state index is 0.156. The van der Waals surface area contributed by atoms with Gasteiger partial charge in [-0.1, -0.05) is 48.0 Å². The van der Waals surface area contributed by atoms with E-state index in [0.717, 1.165) is 16.2 Å². The van der Waals surface area contributed by atoms with Crippen molar-refractivity contribution >= 4 is 69.6 Å². The maximum absolute atomic E-state index is 14.4. The number of benzene rings is 4. The van der Waals surface area contributed by atoms with Crippen LogP contribution in [0.25, 0.3) is 0 Å². The Kier molecular flexibility index (Phi) is 9.05. The molecule has 55 heavy (non-hydrogen) atoms. The van der Waals surface area contributed by atoms with E-state index in [4.69, 9.17) is 27.9 Å². The van der Waals surface area contributed by atoms with E-state index >= 15 is 0 Å². The first-order chi connectivity index (χ1) is 26.3. The summed E-state index contributed by atoms with van der Waals surface area (Å²) in [5.74, 6) is -5.53. The first kappa shape index (κ1) is 36.5. The van der Waals surface area contributed by atoms with E-state index < -0.39 is 51.1 Å². The van der Waals surface area contributed by atoms with Crippen molar-refractivity contribution in [2.75, 3.05) is 30.9 Å². The Morgan fingerprint density at radius 3 is 2.13 bits per heavy atom. The molecule has 0 aromatic heterocycles. The number of aromatic hydroxyl groups is 1. The van der Waals surface area contributed by atoms with Crippen LogP contribution >= 0.6 is 23.2 Å². The number of nitrogens with zero attached hydrogens (tertiary/aromatic N) is 5. The molecule has 1 N–H and O–H groups in total. The summed E-state index contributed by atoms with van der Waals surface area (Å²) in [6.45, 7) is 0.256. The number of halogens is 2. The van der Waals surface area contributed by atoms with Crippen molar-refractivity contribution in [2.45, 2.75) is 35.1 Å². The predicted molar refractivity (Wildman–Crippen MR) is 208 cm³/mol. The number of likely N-dealkylation sites (tertiary alicyclic amines) is 1. The number of carbonyl (C=O) groups is 4. The lowest BCUT2D eigenvalue weighted by atomic mass is 9.56. The molecule has 0 bridgehead atoms. The minimum atomic E-state index is -2.02. The van der Waals surface area contributed by atoms with Gasteiger partial charge in [-0.2, -0.15) is 10.2 Å². The third-order valence-electron chi connectivity index (χ3n) is 11.3. The topological polar surface area (TPSA) is 132 Å². The molecule has 4 amide bonds. The Balaban J connectivity index is 1.10. The standard InChI is InChI=1S/C42H37Cl2N5O6/c1-47(2)27-13-9-25(10-14-27)45-46-26-11-15-28(16-12-26)49-37(51)32-20-19-30-33(35(32)38(49)52)22-41(43)39(53)48(3)40(54)42(41,44)36(30)31-18-17-29(21-34(31)50)55-23-24-7-5-4-6-8-24/h4-19,21,32-33,35-36,50H,20,22-23H2,1-3H3/t32-,33+,35-,36+,41+,42-/m0/s1. The highest BCUT2D eigenvalue weighted by Gasteiger charge is 2.76. The molecule has 3 fully saturated rings. The quantitative estimate of drug-likeness (QED) is 0.0842. The number of hydrogen-bond donors (Lipinski definition) is 1. The van der Waals surface area contributed by atoms with Crippen molar-refractivity contribution in [1.29, 1.82) is 0 Å². The van der Waals surface area contributed by atoms with Crippen LogP contribution in [0.5, 0.6) is 11.5 Å². The summed E-state index contributed by atoms with van der Waals surface area (Å²) in [5, 5.41) is 20.2. The van der Waals surface area contributed by atoms with Gasteiger partial charge in [0.05, 0.1) is 28.9 Å². The van der Waals surface area contributed by atoms with Crippen LogP contribution in [0, 0.1) is 17.8 Å². The van der Waals surface area contributed by atoms with E-state index in [1.54, 1.807) is 36.4 Å². The Morgan fingerprint density at radius 2 is 1.49 bits per heavy atom. The molecule has 4 aliphatic rings. The second kappa shape index (κ2) is 13.6. The van der Waals surface area contributed by atoms with Gasteiger partial charge in [0, 0.05) is 44.4 Å². The maximum Gasteiger partial charge on any atom is 0.253 e. The van der Waals surface area contributed by atoms with Crippen molar-refractivity contribution < 1.29 is 29.0 Å². The van der Waals surface area contributed by atoms with Crippen molar-refractivity contribution in [1.82, 2.24) is 4.90 Å². The molecule has 1 saturated carbocycles. The number of anilines is 2. The van der Waals surface area contributed by atoms with E-state index in [1.807, 2.05) is 79.7 Å². The predicted octanol–water partition coefficient (Wildman–Crippen LogP) is 7.65. The lowest BCUT2D eigenvalue weighted by Crippen LogP contribution is -2.60. The van der Waals surface area contributed by atoms with E-state index in [-0.39, 0.29) is 36.7 Å². The number of rotatable bonds is 8. The third-order valence-corrected chi connectivity index (χ3v) is 12.7. The summed E-state index contributed by atoms with van der Waals surface area (Å²) in [6.07, 6.45) is 1.86. The molecule has 2 aliphatic heterocycles. The number of ether oxygens (including phenoxy) is 1. The van der Waals surface area contributed by atoms with Crippen LogP contribution in [0.15, 0.2) is 119 Å². The number of allylic oxidation sites excluding steroid dienone is 2. The summed E-state index contributed by atoms with van der Waals surface area (Å²) in [6, 6.07) is 28.5. The molecule has 2 aliphatic carbocycles. The Labute approximate surface area is 327 Å². The Morgan fingerprint density at radius 1 is 0.836 bits per heavy atom. The molecule has 2 saturated heterocycles. The van der Waals surface area contributed by atoms with Crippen LogP contribution in [-0.4, -0.2) is 64.5 Å². The monoisotopic (exact) mass is 777 g/mol. The molecule has 11 nitrogen and oxygen atoms in total. The van der Waals surface area contributed by atoms with Crippen LogP contribution in [-0.2, 0) is 25.8 Å². The molecule has 2 heterocycles. The zero-order valence-corrected chi connectivity index (χ0v) is 31.7. The van der Waals surface area contributed by atoms with Gasteiger partial charge in [0.2, 0.25) is 11.8 Å². The van der Waals surface area contributed by atoms with E-state index in [1.165, 1.54) is 18.0 Å². The van der Waals surface area contributed by atoms with Gasteiger partial charge in [-0.25, -0.2) is 0 Å². The van der Waals surface area contributed by atoms with Gasteiger partial charge in [0.1, 0.15) is 18.1 Å². The van der Waals surface area contributed by atoms with Crippen LogP contribution in [0.3, 0.4) is 0 Å². The lowest BCUT2D eigenvalue weighted by Gasteiger charge is -2.50. The van der Waals surface area contributed by atoms with E-state index in [2.05, 4.69) is 10.2 Å². The fraction of sp³-hybridized carbons (Fsp3) is 0.286. The first-order valence-corrected chi connectivity index (χ1v) is 18.7. The molecule has 4 aromatic rings. The number of alkyl halides is 2. The van der Waals surface area contributed by atoms with Crippen LogP contribution < -0.4 is 14.5 Å². The van der Waals surface area contributed by atoms with Gasteiger partial charge in [0.25, 0.3) is 11.8 Å². The van der Waals surface area contributed by atoms with Gasteiger partial charge in [-0.05, 0) is 78.9 Å². The van der Waals surface area contributed by atoms with Crippen LogP contribution in [0.4, 0.5) is 22.7 Å². The molecular weight excluding hydrogens is 741 g/mol. The summed E-state index contributed by atoms with van der Waals surface area (Å²) in [7, 11) is 5.23. The highest BCUT2D eigenvalue weighted by Crippen LogP contribution is 2.66. The molecule has 4 aromatic carbocycles. The average Bonchev–Trinajstić information content (AvgIpc) is 3.52. The highest BCUT2D eigenvalue weighted by atomic mass is 35.5. The fourth-order valence-electron chi connectivity index (χ4n) is 8.54. The van der Waals surface area contributed by atoms with E-state index in [0.29, 0.717) is 28.4 Å². The van der Waals surface area contributed by atoms with Gasteiger partial charge in [-0.3, -0.25) is 29.0 Å². The van der Waals surface area contributed by atoms with Crippen molar-refractivity contribution in [2.24, 2.45) is 28.0 Å². The summed E-state index contributed by atoms with van der Waals surface area (Å²) >= 11 is 14.6. The van der Waals surface area contributed by atoms with E-state index in [9.17, 15) is 24.3 Å². The van der Waals surface area contributed by atoms with Gasteiger partial charge < -0.3 is 14.7 Å². The van der Waals surface area contributed by atoms with Crippen molar-refractivity contribution in [3.8, 4) is 11.5 Å². The Hall–Kier alpha value is -5.52. The average molecular weight is 779 g/mol. The number of fused-ring (bicyclic) bond motifs is 4. The number of azo groups is 1. The highest BCUT2D eigenvalue weighted by molar-refractivity contribution is 6.53. The molecule has 13 heteroatoms. The van der Waals surface area contributed by atoms with Gasteiger partial charge in [-0.15, -0.1) is 23.2 Å². The molecule has 0 unspecified atom stereocenters. The van der Waals surface area contributed by atoms with Gasteiger partial charge in [0.15, 0.2) is 9.75 Å². The smallest absolute Gasteiger partial charge is 0.253 e. The molecule has 280 valence electrons. The molecular formula is C42H37Cl2N5O6. The molecule has 8 rings (SSSR count). The van der Waals surface area contributed by atoms with Crippen molar-refractivity contribution in [3.05, 3.63) is 120 Å². The molecule has 0 spiro atoms. The second-order valence-corrected chi connectivity index (χ2v) is 15.9. The number of imide groups is 2. The largest absolute Gasteiger partial charge is 0.508 e. The number of phenolic OH excluding ortho intramolecular Hbond substituents is 1. The number of hydrogen-bond acceptors (Lipinski definition) is 9. The number of amides is 4. The van der Waals surface area contributed by atoms with Crippen molar-refractivity contribution in [3.63, 3.8) is 0 Å². The summed E-state index contributed by atoms with van der Waals surface area (Å²) in [5.41, 5.74) is 4.37. The summed E-state index contributed by atoms with van der Waals surface area (Å²) < 4.78 is 5.93. The second-order valence-electron chi connectivity index (χ2n) is 14.6. The lowest BCUT2D eigenvalue weighted by molar-refractivity contribution is -0.138. The SMILES string of the molecule is CN1C(=O)[C@]2(Cl)C[C@@H]3C(=CC[C@@H]4C(=O)N(c5ccc(N=Nc6ccc(N(C)C)cc6)cc5)C(=O)[C@@H]43)[C@H](c3ccc(OCc4ccccc4)cc3O)[C@]2(Cl)C1=O. The molecule has 6 atom stereocenters. The minimum Gasteiger partial charge on any atom is -0.508 e. The summed E-state index contributed by atoms with van der Waals surface area (Å²) in [4.78, 5) is 56.3. The third kappa shape index (κ3) is 5.79. The zero-order valence-electron chi connectivity index (χ0n) is 30.2. The first-order valence-electron chi connectivity index (χ1n) is 17.9. The fourth-order valence-corrected chi connectivity index (χ4v) is 9.55. The maximum atomic E-state index is 14.4. The van der Waals surface area contributed by atoms with Gasteiger partial charge >= 0.3 is 0 Å². The normalized spacial score (nSPS) is 27.3. The Bertz CT molecular complexity index is 2280. The van der Waals surface area contributed by atoms with Crippen LogP contribution in [0.2, 0.25) is 0 Å². The van der Waals surface area contributed by atoms with Crippen LogP contribution in [0.1, 0.15) is 29.9 Å². The molecule has 0 radical (unpaired) electrons. The zero-order chi connectivity index (χ0) is 38.8. The number of carbonyl (C=O) groups excluding carboxylic acids is 4.